The standard InChI is InChI=1S/C18H24N2O/c1-13-3-2-4-14(5-13)8-18(21)20-11-16-6-15-7-17(20)12-19(9-15)10-16/h2-5,15-17H,6-12H2,1H3. The van der Waals surface area contributed by atoms with Gasteiger partial charge >= 0.3 is 0 Å². The Kier molecular flexibility index (Phi) is 3.26. The van der Waals surface area contributed by atoms with Crippen LogP contribution in [0.2, 0.25) is 0 Å². The minimum absolute atomic E-state index is 0.333. The molecule has 1 aromatic rings. The van der Waals surface area contributed by atoms with Gasteiger partial charge in [0.1, 0.15) is 0 Å². The van der Waals surface area contributed by atoms with E-state index in [0.29, 0.717) is 24.3 Å². The average Bonchev–Trinajstić information content (AvgIpc) is 2.63. The topological polar surface area (TPSA) is 23.6 Å². The van der Waals surface area contributed by atoms with Gasteiger partial charge in [-0.05, 0) is 37.2 Å². The van der Waals surface area contributed by atoms with Crippen LogP contribution in [0.4, 0.5) is 0 Å². The number of piperidine rings is 2. The summed E-state index contributed by atoms with van der Waals surface area (Å²) in [6.07, 6.45) is 3.13. The summed E-state index contributed by atoms with van der Waals surface area (Å²) in [5.74, 6) is 1.87. The maximum Gasteiger partial charge on any atom is 0.227 e. The average molecular weight is 284 g/mol. The van der Waals surface area contributed by atoms with Crippen molar-refractivity contribution in [3.63, 3.8) is 0 Å². The Balaban J connectivity index is 1.51. The van der Waals surface area contributed by atoms with Gasteiger partial charge in [-0.3, -0.25) is 4.79 Å². The lowest BCUT2D eigenvalue weighted by Crippen LogP contribution is -2.50. The molecule has 4 atom stereocenters. The molecule has 21 heavy (non-hydrogen) atoms. The van der Waals surface area contributed by atoms with Gasteiger partial charge in [-0.15, -0.1) is 0 Å². The van der Waals surface area contributed by atoms with E-state index in [2.05, 4.69) is 41.0 Å². The van der Waals surface area contributed by atoms with Gasteiger partial charge in [0, 0.05) is 32.2 Å². The molecule has 0 aliphatic carbocycles. The molecule has 1 amide bonds. The van der Waals surface area contributed by atoms with Crippen LogP contribution in [0.3, 0.4) is 0 Å². The lowest BCUT2D eigenvalue weighted by molar-refractivity contribution is -0.133. The molecule has 4 unspecified atom stereocenters. The Morgan fingerprint density at radius 3 is 2.81 bits per heavy atom. The van der Waals surface area contributed by atoms with Crippen molar-refractivity contribution in [2.75, 3.05) is 26.2 Å². The van der Waals surface area contributed by atoms with Gasteiger partial charge in [0.05, 0.1) is 6.42 Å². The zero-order valence-electron chi connectivity index (χ0n) is 12.8. The third-order valence-electron chi connectivity index (χ3n) is 5.43. The van der Waals surface area contributed by atoms with Crippen molar-refractivity contribution in [1.29, 1.82) is 0 Å². The summed E-state index contributed by atoms with van der Waals surface area (Å²) in [6.45, 7) is 6.66. The first kappa shape index (κ1) is 13.3. The SMILES string of the molecule is Cc1cccc(CC(=O)N2CC3CC4CC2CN(C4)C3)c1. The predicted molar refractivity (Wildman–Crippen MR) is 83.0 cm³/mol. The van der Waals surface area contributed by atoms with Crippen LogP contribution in [-0.2, 0) is 11.2 Å². The molecule has 5 rings (SSSR count). The minimum atomic E-state index is 0.333. The molecule has 4 heterocycles. The number of aryl methyl sites for hydroxylation is 1. The van der Waals surface area contributed by atoms with Gasteiger partial charge in [0.2, 0.25) is 5.91 Å². The first-order valence-corrected chi connectivity index (χ1v) is 8.25. The van der Waals surface area contributed by atoms with E-state index in [9.17, 15) is 4.79 Å². The molecular formula is C18H24N2O. The summed E-state index contributed by atoms with van der Waals surface area (Å²) in [5, 5.41) is 0. The molecule has 0 radical (unpaired) electrons. The highest BCUT2D eigenvalue weighted by Crippen LogP contribution is 2.36. The van der Waals surface area contributed by atoms with E-state index in [0.717, 1.165) is 24.6 Å². The van der Waals surface area contributed by atoms with Crippen LogP contribution < -0.4 is 0 Å². The number of hydrogen-bond acceptors (Lipinski definition) is 2. The van der Waals surface area contributed by atoms with Gasteiger partial charge in [-0.2, -0.15) is 0 Å². The number of carbonyl (C=O) groups excluding carboxylic acids is 1. The third kappa shape index (κ3) is 2.59. The van der Waals surface area contributed by atoms with Crippen LogP contribution in [0.1, 0.15) is 24.0 Å². The highest BCUT2D eigenvalue weighted by atomic mass is 16.2. The van der Waals surface area contributed by atoms with Gasteiger partial charge < -0.3 is 9.80 Å². The molecule has 0 aromatic heterocycles. The summed E-state index contributed by atoms with van der Waals surface area (Å²) >= 11 is 0. The van der Waals surface area contributed by atoms with Crippen LogP contribution in [-0.4, -0.2) is 47.9 Å². The van der Waals surface area contributed by atoms with E-state index in [1.165, 1.54) is 31.5 Å². The Hall–Kier alpha value is -1.35. The third-order valence-corrected chi connectivity index (χ3v) is 5.43. The largest absolute Gasteiger partial charge is 0.338 e. The predicted octanol–water partition coefficient (Wildman–Crippen LogP) is 2.09. The second kappa shape index (κ2) is 5.13. The second-order valence-electron chi connectivity index (χ2n) is 7.29. The lowest BCUT2D eigenvalue weighted by Gasteiger charge is -2.41. The highest BCUT2D eigenvalue weighted by Gasteiger charge is 2.42. The number of nitrogens with zero attached hydrogens (tertiary/aromatic N) is 2. The number of carbonyl (C=O) groups is 1. The van der Waals surface area contributed by atoms with Crippen molar-refractivity contribution in [1.82, 2.24) is 9.80 Å². The Bertz CT molecular complexity index is 542. The zero-order valence-corrected chi connectivity index (χ0v) is 12.8. The first-order chi connectivity index (χ1) is 10.2. The second-order valence-corrected chi connectivity index (χ2v) is 7.29. The van der Waals surface area contributed by atoms with Crippen molar-refractivity contribution >= 4 is 5.91 Å². The van der Waals surface area contributed by atoms with Crippen molar-refractivity contribution < 1.29 is 4.79 Å². The van der Waals surface area contributed by atoms with Crippen molar-refractivity contribution in [2.45, 2.75) is 32.2 Å². The summed E-state index contributed by atoms with van der Waals surface area (Å²) in [4.78, 5) is 17.6. The fraction of sp³-hybridized carbons (Fsp3) is 0.611. The number of benzene rings is 1. The van der Waals surface area contributed by atoms with E-state index < -0.39 is 0 Å². The first-order valence-electron chi connectivity index (χ1n) is 8.25. The van der Waals surface area contributed by atoms with Gasteiger partial charge in [-0.25, -0.2) is 0 Å². The molecule has 0 spiro atoms. The fourth-order valence-electron chi connectivity index (χ4n) is 4.69. The van der Waals surface area contributed by atoms with Crippen LogP contribution in [0.5, 0.6) is 0 Å². The van der Waals surface area contributed by atoms with Gasteiger partial charge in [0.15, 0.2) is 0 Å². The molecule has 0 saturated carbocycles. The van der Waals surface area contributed by atoms with Crippen LogP contribution in [0.15, 0.2) is 24.3 Å². The molecule has 112 valence electrons. The maximum absolute atomic E-state index is 12.8. The summed E-state index contributed by atoms with van der Waals surface area (Å²) < 4.78 is 0. The molecule has 4 aliphatic rings. The molecule has 0 N–H and O–H groups in total. The quantitative estimate of drug-likeness (QED) is 0.830. The number of fused-ring (bicyclic) bond motifs is 1. The Morgan fingerprint density at radius 2 is 2.00 bits per heavy atom. The molecule has 4 aliphatic heterocycles. The smallest absolute Gasteiger partial charge is 0.227 e. The van der Waals surface area contributed by atoms with E-state index in [-0.39, 0.29) is 0 Å². The van der Waals surface area contributed by atoms with E-state index in [1.54, 1.807) is 0 Å². The molecule has 4 fully saturated rings. The van der Waals surface area contributed by atoms with E-state index >= 15 is 0 Å². The van der Waals surface area contributed by atoms with Gasteiger partial charge in [-0.1, -0.05) is 29.8 Å². The van der Waals surface area contributed by atoms with Crippen LogP contribution >= 0.6 is 0 Å². The van der Waals surface area contributed by atoms with Crippen LogP contribution in [0, 0.1) is 18.8 Å². The summed E-state index contributed by atoms with van der Waals surface area (Å²) in [5.41, 5.74) is 2.39. The zero-order chi connectivity index (χ0) is 14.4. The minimum Gasteiger partial charge on any atom is -0.338 e. The van der Waals surface area contributed by atoms with E-state index in [1.807, 2.05) is 0 Å². The van der Waals surface area contributed by atoms with Crippen LogP contribution in [0.25, 0.3) is 0 Å². The van der Waals surface area contributed by atoms with Crippen molar-refractivity contribution in [3.05, 3.63) is 35.4 Å². The number of amides is 1. The van der Waals surface area contributed by atoms with Crippen molar-refractivity contribution in [3.8, 4) is 0 Å². The molecular weight excluding hydrogens is 260 g/mol. The Morgan fingerprint density at radius 1 is 1.14 bits per heavy atom. The van der Waals surface area contributed by atoms with Gasteiger partial charge in [0.25, 0.3) is 0 Å². The number of hydrogen-bond donors (Lipinski definition) is 0. The normalized spacial score (nSPS) is 34.0. The Labute approximate surface area is 126 Å². The molecule has 3 nitrogen and oxygen atoms in total. The monoisotopic (exact) mass is 284 g/mol. The lowest BCUT2D eigenvalue weighted by atomic mass is 9.84. The number of rotatable bonds is 2. The molecule has 1 aromatic carbocycles. The molecule has 3 heteroatoms. The maximum atomic E-state index is 12.8. The van der Waals surface area contributed by atoms with Crippen molar-refractivity contribution in [2.24, 2.45) is 11.8 Å². The van der Waals surface area contributed by atoms with E-state index in [4.69, 9.17) is 0 Å². The summed E-state index contributed by atoms with van der Waals surface area (Å²) in [6, 6.07) is 8.83. The fourth-order valence-corrected chi connectivity index (χ4v) is 4.69. The highest BCUT2D eigenvalue weighted by molar-refractivity contribution is 5.79. The molecule has 4 bridgehead atoms. The molecule has 4 saturated heterocycles. The summed E-state index contributed by atoms with van der Waals surface area (Å²) in [7, 11) is 0.